The molecule has 0 saturated carbocycles. The fourth-order valence-electron chi connectivity index (χ4n) is 4.36. The van der Waals surface area contributed by atoms with E-state index < -0.39 is 72.6 Å². The molecule has 0 bridgehead atoms. The third kappa shape index (κ3) is 12.8. The molecule has 5 amide bonds. The number of carbonyl (C=O) groups is 6. The molecule has 12 N–H and O–H groups in total. The number of nitrogens with two attached hydrogens (primary N) is 2. The Bertz CT molecular complexity index is 1150. The number of carbonyl (C=O) groups excluding carboxylic acids is 5. The van der Waals surface area contributed by atoms with Gasteiger partial charge >= 0.3 is 5.97 Å². The average molecular weight is 604 g/mol. The number of nitrogens with one attached hydrogen (secondary N) is 7. The minimum absolute atomic E-state index is 0.00903. The maximum Gasteiger partial charge on any atom is 0.305 e. The maximum atomic E-state index is 13.6. The van der Waals surface area contributed by atoms with Gasteiger partial charge in [0.25, 0.3) is 0 Å². The van der Waals surface area contributed by atoms with Gasteiger partial charge in [-0.25, -0.2) is 0 Å². The standard InChI is InChI=1S/C27H41N9O7/c28-11-5-4-9-18-24(41)34-17(10-6-12-31-27(29)30)23(40)32-15-21(37)33-20(14-22(38)39)26(43)36-19(25(42)35-18)13-16-7-2-1-3-8-16/h1-3,7-8,17-20H,4-6,9-15,28H2,(H,32,40)(H,33,37)(H,34,41)(H,35,42)(H,36,43)(H,38,39)(H4,29,30,31)/t17-,18-,19+,20+/m0/s1. The van der Waals surface area contributed by atoms with Crippen LogP contribution in [0.25, 0.3) is 0 Å². The van der Waals surface area contributed by atoms with E-state index in [1.165, 1.54) is 0 Å². The van der Waals surface area contributed by atoms with Crippen molar-refractivity contribution in [2.75, 3.05) is 19.6 Å². The molecule has 16 nitrogen and oxygen atoms in total. The molecule has 2 rings (SSSR count). The Balaban J connectivity index is 2.42. The second kappa shape index (κ2) is 17.9. The molecular formula is C27H41N9O7. The van der Waals surface area contributed by atoms with E-state index >= 15 is 0 Å². The lowest BCUT2D eigenvalue weighted by Crippen LogP contribution is -2.58. The van der Waals surface area contributed by atoms with Crippen LogP contribution in [0, 0.1) is 5.41 Å². The predicted octanol–water partition coefficient (Wildman–Crippen LogP) is -2.83. The van der Waals surface area contributed by atoms with Crippen LogP contribution in [0.3, 0.4) is 0 Å². The van der Waals surface area contributed by atoms with Gasteiger partial charge in [0.2, 0.25) is 29.5 Å². The van der Waals surface area contributed by atoms with Crippen molar-refractivity contribution in [3.63, 3.8) is 0 Å². The average Bonchev–Trinajstić information content (AvgIpc) is 2.95. The first-order chi connectivity index (χ1) is 20.5. The normalized spacial score (nSPS) is 22.0. The highest BCUT2D eigenvalue weighted by Crippen LogP contribution is 2.09. The Kier molecular flexibility index (Phi) is 14.4. The van der Waals surface area contributed by atoms with Crippen LogP contribution in [-0.4, -0.2) is 90.4 Å². The van der Waals surface area contributed by atoms with Crippen LogP contribution < -0.4 is 43.4 Å². The highest BCUT2D eigenvalue weighted by molar-refractivity contribution is 5.98. The monoisotopic (exact) mass is 603 g/mol. The van der Waals surface area contributed by atoms with E-state index in [0.29, 0.717) is 31.4 Å². The van der Waals surface area contributed by atoms with Crippen LogP contribution in [0.1, 0.15) is 44.1 Å². The van der Waals surface area contributed by atoms with Crippen LogP contribution in [0.4, 0.5) is 0 Å². The molecule has 0 spiro atoms. The first-order valence-electron chi connectivity index (χ1n) is 14.0. The largest absolute Gasteiger partial charge is 0.481 e. The van der Waals surface area contributed by atoms with Crippen molar-refractivity contribution in [3.05, 3.63) is 35.9 Å². The number of hydrogen-bond acceptors (Lipinski definition) is 8. The molecule has 1 fully saturated rings. The summed E-state index contributed by atoms with van der Waals surface area (Å²) in [5, 5.41) is 31.7. The van der Waals surface area contributed by atoms with E-state index in [1.807, 2.05) is 0 Å². The Morgan fingerprint density at radius 1 is 0.837 bits per heavy atom. The Morgan fingerprint density at radius 3 is 2.05 bits per heavy atom. The molecular weight excluding hydrogens is 562 g/mol. The van der Waals surface area contributed by atoms with Gasteiger partial charge in [0.15, 0.2) is 5.96 Å². The van der Waals surface area contributed by atoms with Gasteiger partial charge < -0.3 is 48.5 Å². The van der Waals surface area contributed by atoms with E-state index in [-0.39, 0.29) is 31.8 Å². The molecule has 16 heteroatoms. The van der Waals surface area contributed by atoms with Crippen molar-refractivity contribution in [3.8, 4) is 0 Å². The number of unbranched alkanes of at least 4 members (excludes halogenated alkanes) is 1. The zero-order chi connectivity index (χ0) is 31.8. The highest BCUT2D eigenvalue weighted by atomic mass is 16.4. The van der Waals surface area contributed by atoms with Crippen LogP contribution >= 0.6 is 0 Å². The van der Waals surface area contributed by atoms with Gasteiger partial charge in [0.1, 0.15) is 24.2 Å². The third-order valence-electron chi connectivity index (χ3n) is 6.57. The summed E-state index contributed by atoms with van der Waals surface area (Å²) in [5.41, 5.74) is 11.6. The fourth-order valence-corrected chi connectivity index (χ4v) is 4.36. The van der Waals surface area contributed by atoms with Gasteiger partial charge in [-0.2, -0.15) is 0 Å². The Labute approximate surface area is 249 Å². The molecule has 1 saturated heterocycles. The summed E-state index contributed by atoms with van der Waals surface area (Å²) in [6.07, 6.45) is 0.864. The van der Waals surface area contributed by atoms with Crippen LogP contribution in [-0.2, 0) is 35.2 Å². The summed E-state index contributed by atoms with van der Waals surface area (Å²) in [5.74, 6) is -5.50. The molecule has 1 aromatic rings. The number of aliphatic carboxylic acids is 1. The highest BCUT2D eigenvalue weighted by Gasteiger charge is 2.33. The molecule has 1 aromatic carbocycles. The number of guanidine groups is 1. The molecule has 1 aliphatic heterocycles. The maximum absolute atomic E-state index is 13.6. The number of carboxylic acid groups (broad SMARTS) is 1. The van der Waals surface area contributed by atoms with Crippen LogP contribution in [0.5, 0.6) is 0 Å². The number of amides is 5. The van der Waals surface area contributed by atoms with Crippen molar-refractivity contribution in [1.82, 2.24) is 31.9 Å². The summed E-state index contributed by atoms with van der Waals surface area (Å²) in [4.78, 5) is 77.3. The lowest BCUT2D eigenvalue weighted by atomic mass is 10.0. The van der Waals surface area contributed by atoms with Crippen molar-refractivity contribution in [1.29, 1.82) is 5.41 Å². The van der Waals surface area contributed by atoms with Gasteiger partial charge in [-0.1, -0.05) is 30.3 Å². The van der Waals surface area contributed by atoms with E-state index in [2.05, 4.69) is 31.9 Å². The summed E-state index contributed by atoms with van der Waals surface area (Å²) in [6, 6.07) is 3.74. The lowest BCUT2D eigenvalue weighted by Gasteiger charge is -2.26. The quantitative estimate of drug-likeness (QED) is 0.0664. The zero-order valence-electron chi connectivity index (χ0n) is 23.8. The number of benzene rings is 1. The first kappa shape index (κ1) is 34.5. The van der Waals surface area contributed by atoms with Gasteiger partial charge in [0, 0.05) is 13.0 Å². The van der Waals surface area contributed by atoms with E-state index in [4.69, 9.17) is 16.9 Å². The van der Waals surface area contributed by atoms with Gasteiger partial charge in [-0.05, 0) is 44.2 Å². The van der Waals surface area contributed by atoms with Crippen LogP contribution in [0.2, 0.25) is 0 Å². The van der Waals surface area contributed by atoms with Gasteiger partial charge in [0.05, 0.1) is 13.0 Å². The second-order valence-corrected chi connectivity index (χ2v) is 10.1. The van der Waals surface area contributed by atoms with Crippen molar-refractivity contribution in [2.45, 2.75) is 69.1 Å². The molecule has 0 aliphatic carbocycles. The van der Waals surface area contributed by atoms with Gasteiger partial charge in [-0.3, -0.25) is 34.2 Å². The molecule has 43 heavy (non-hydrogen) atoms. The molecule has 1 heterocycles. The van der Waals surface area contributed by atoms with Gasteiger partial charge in [-0.15, -0.1) is 0 Å². The van der Waals surface area contributed by atoms with Crippen LogP contribution in [0.15, 0.2) is 30.3 Å². The number of hydrogen-bond donors (Lipinski definition) is 10. The zero-order valence-corrected chi connectivity index (χ0v) is 23.8. The summed E-state index contributed by atoms with van der Waals surface area (Å²) in [7, 11) is 0. The molecule has 4 atom stereocenters. The molecule has 1 aliphatic rings. The van der Waals surface area contributed by atoms with Crippen molar-refractivity contribution in [2.24, 2.45) is 11.5 Å². The minimum atomic E-state index is -1.55. The van der Waals surface area contributed by atoms with Crippen molar-refractivity contribution < 1.29 is 33.9 Å². The lowest BCUT2D eigenvalue weighted by molar-refractivity contribution is -0.141. The Morgan fingerprint density at radius 2 is 1.42 bits per heavy atom. The predicted molar refractivity (Wildman–Crippen MR) is 155 cm³/mol. The van der Waals surface area contributed by atoms with Crippen molar-refractivity contribution >= 4 is 41.5 Å². The fraction of sp³-hybridized carbons (Fsp3) is 0.519. The summed E-state index contributed by atoms with van der Waals surface area (Å²) < 4.78 is 0. The number of rotatable bonds is 12. The van der Waals surface area contributed by atoms with E-state index in [1.54, 1.807) is 30.3 Å². The summed E-state index contributed by atoms with van der Waals surface area (Å²) in [6.45, 7) is -0.0159. The topological polar surface area (TPSA) is 271 Å². The molecule has 236 valence electrons. The minimum Gasteiger partial charge on any atom is -0.481 e. The summed E-state index contributed by atoms with van der Waals surface area (Å²) >= 11 is 0. The Hall–Kier alpha value is -4.73. The molecule has 0 unspecified atom stereocenters. The molecule has 0 radical (unpaired) electrons. The third-order valence-corrected chi connectivity index (χ3v) is 6.57. The SMILES string of the molecule is N=C(N)NCCC[C@@H]1NC(=O)[C@H](CCCCN)NC(=O)[C@@H](Cc2ccccc2)NC(=O)[C@@H](CC(=O)O)NC(=O)CNC1=O. The van der Waals surface area contributed by atoms with E-state index in [0.717, 1.165) is 0 Å². The molecule has 0 aromatic heterocycles. The smallest absolute Gasteiger partial charge is 0.305 e. The second-order valence-electron chi connectivity index (χ2n) is 10.1. The first-order valence-corrected chi connectivity index (χ1v) is 14.0. The van der Waals surface area contributed by atoms with E-state index in [9.17, 15) is 33.9 Å². The number of carboxylic acids is 1.